The van der Waals surface area contributed by atoms with Crippen molar-refractivity contribution in [2.75, 3.05) is 44.4 Å². The standard InChI is InChI=1S/C66H74FN13O8/c1-7-79-54(16-19-69-79)40-13-11-39(12-14-40)53(32-81)71-63(83)55-24-43(82)30-78(55)65(85)60(34(2)3)80-31-49-45-15-8-37(22-51(45)70-64(84)59(49)75-80)33-87-61-57(56-36(6)50(67)26-52-48(56)27-68-74-52)46(38-9-10-38)25-47-58(61)72-66(88-44-17-20-86-21-18-44)73-62(47)77-29-41-23-42(77)28-76(41)35(4)5/h8,11-16,19,22,25-27,31,34-35,38,41-44,53,55,60,81-82H,7,9-10,17-18,20-21,23-24,28-30,32-33H2,1-6H3,(H,68,74)(H,70,84)(H,71,83). The average Bonchev–Trinajstić information content (AvgIpc) is 1.32. The molecular weight excluding hydrogens is 1120 g/mol. The number of H-pyrrole nitrogens is 2. The number of ether oxygens (including phenoxy) is 3. The normalized spacial score (nSPS) is 20.7. The van der Waals surface area contributed by atoms with E-state index in [1.807, 2.05) is 74.0 Å². The lowest BCUT2D eigenvalue weighted by Gasteiger charge is -2.37. The minimum Gasteiger partial charge on any atom is -0.486 e. The van der Waals surface area contributed by atoms with Crippen LogP contribution in [0.1, 0.15) is 113 Å². The number of anilines is 1. The van der Waals surface area contributed by atoms with Gasteiger partial charge in [-0.25, -0.2) is 4.39 Å². The number of aromatic nitrogens is 9. The van der Waals surface area contributed by atoms with Gasteiger partial charge in [0.15, 0.2) is 11.3 Å². The van der Waals surface area contributed by atoms with Crippen molar-refractivity contribution in [2.45, 2.75) is 148 Å². The highest BCUT2D eigenvalue weighted by Crippen LogP contribution is 2.54. The fraction of sp³-hybridized carbons (Fsp3) is 0.455. The van der Waals surface area contributed by atoms with Gasteiger partial charge in [-0.2, -0.15) is 25.3 Å². The molecule has 1 saturated carbocycles. The molecule has 0 radical (unpaired) electrons. The van der Waals surface area contributed by atoms with Crippen molar-refractivity contribution in [1.82, 2.24) is 59.8 Å². The monoisotopic (exact) mass is 1200 g/mol. The molecule has 5 N–H and O–H groups in total. The van der Waals surface area contributed by atoms with E-state index in [0.717, 1.165) is 76.9 Å². The summed E-state index contributed by atoms with van der Waals surface area (Å²) in [5.41, 5.74) is 7.46. The van der Waals surface area contributed by atoms with E-state index in [-0.39, 0.29) is 60.9 Å². The van der Waals surface area contributed by atoms with Crippen LogP contribution >= 0.6 is 0 Å². The Morgan fingerprint density at radius 2 is 1.69 bits per heavy atom. The number of amides is 2. The summed E-state index contributed by atoms with van der Waals surface area (Å²) in [4.78, 5) is 63.4. The molecule has 6 atom stereocenters. The number of β-amino-alcohol motifs (C(OH)–C–C–N with tert-alkyl or cyclic N) is 1. The SMILES string of the molecule is CCn1nccc1-c1ccc(C(CO)NC(=O)C2CC(O)CN2C(=O)C(C(C)C)n2cc3c(n2)c(=O)[nH]c2cc(COc4c(-c5c(C)c(F)cc6[nH]ncc56)c(C5CC5)cc5c(N6CC7CC6CN7C(C)C)nc(OC6CCOCC6)nc45)ccc23)cc1. The number of fused-ring (bicyclic) bond motifs is 7. The van der Waals surface area contributed by atoms with Gasteiger partial charge >= 0.3 is 6.01 Å². The first-order valence-electron chi connectivity index (χ1n) is 31.1. The highest BCUT2D eigenvalue weighted by Gasteiger charge is 2.47. The summed E-state index contributed by atoms with van der Waals surface area (Å²) < 4.78 is 39.4. The number of carbonyl (C=O) groups is 2. The first-order valence-corrected chi connectivity index (χ1v) is 31.1. The quantitative estimate of drug-likeness (QED) is 0.0541. The second kappa shape index (κ2) is 23.0. The molecule has 4 aromatic carbocycles. The van der Waals surface area contributed by atoms with Gasteiger partial charge in [-0.1, -0.05) is 50.2 Å². The van der Waals surface area contributed by atoms with Crippen LogP contribution in [0.25, 0.3) is 66.0 Å². The largest absolute Gasteiger partial charge is 0.486 e. The summed E-state index contributed by atoms with van der Waals surface area (Å²) in [5, 5.41) is 43.8. The van der Waals surface area contributed by atoms with E-state index < -0.39 is 48.2 Å². The Bertz CT molecular complexity index is 4220. The summed E-state index contributed by atoms with van der Waals surface area (Å²) >= 11 is 0. The third kappa shape index (κ3) is 10.3. The lowest BCUT2D eigenvalue weighted by molar-refractivity contribution is -0.142. The zero-order valence-electron chi connectivity index (χ0n) is 50.4. The number of rotatable bonds is 18. The van der Waals surface area contributed by atoms with E-state index >= 15 is 4.39 Å². The number of aliphatic hydroxyl groups is 2. The zero-order valence-corrected chi connectivity index (χ0v) is 50.4. The number of hydrogen-bond acceptors (Lipinski definition) is 15. The molecule has 2 amide bonds. The van der Waals surface area contributed by atoms with Crippen LogP contribution in [0.3, 0.4) is 0 Å². The molecule has 458 valence electrons. The number of pyridine rings is 1. The van der Waals surface area contributed by atoms with E-state index in [2.05, 4.69) is 55.3 Å². The van der Waals surface area contributed by atoms with Gasteiger partial charge in [0.1, 0.15) is 41.9 Å². The van der Waals surface area contributed by atoms with Gasteiger partial charge in [-0.3, -0.25) is 33.7 Å². The molecule has 0 spiro atoms. The van der Waals surface area contributed by atoms with E-state index in [9.17, 15) is 24.6 Å². The van der Waals surface area contributed by atoms with Crippen LogP contribution in [0.2, 0.25) is 0 Å². The zero-order chi connectivity index (χ0) is 60.8. The first-order chi connectivity index (χ1) is 42.6. The number of aryl methyl sites for hydroxylation is 1. The smallest absolute Gasteiger partial charge is 0.319 e. The number of benzene rings is 4. The van der Waals surface area contributed by atoms with Gasteiger partial charge in [-0.05, 0) is 111 Å². The van der Waals surface area contributed by atoms with Crippen molar-refractivity contribution < 1.29 is 38.4 Å². The molecule has 5 fully saturated rings. The van der Waals surface area contributed by atoms with Gasteiger partial charge in [0, 0.05) is 114 Å². The molecule has 14 rings (SSSR count). The van der Waals surface area contributed by atoms with E-state index in [4.69, 9.17) is 29.3 Å². The van der Waals surface area contributed by atoms with Crippen LogP contribution in [0.4, 0.5) is 10.2 Å². The minimum absolute atomic E-state index is 0.00211. The van der Waals surface area contributed by atoms with Crippen molar-refractivity contribution >= 4 is 61.2 Å². The Morgan fingerprint density at radius 3 is 2.42 bits per heavy atom. The molecular formula is C66H74FN13O8. The number of aromatic amines is 2. The van der Waals surface area contributed by atoms with Crippen LogP contribution in [-0.2, 0) is 27.5 Å². The van der Waals surface area contributed by atoms with Gasteiger partial charge in [0.25, 0.3) is 5.56 Å². The van der Waals surface area contributed by atoms with Crippen molar-refractivity contribution in [3.8, 4) is 34.1 Å². The van der Waals surface area contributed by atoms with Gasteiger partial charge < -0.3 is 44.5 Å². The molecule has 2 bridgehead atoms. The van der Waals surface area contributed by atoms with E-state index in [1.165, 1.54) is 15.6 Å². The Labute approximate surface area is 507 Å². The van der Waals surface area contributed by atoms with Crippen LogP contribution in [-0.4, -0.2) is 152 Å². The number of likely N-dealkylation sites (tertiary alicyclic amines) is 2. The molecule has 4 aliphatic heterocycles. The van der Waals surface area contributed by atoms with Crippen LogP contribution in [0, 0.1) is 18.7 Å². The number of carbonyl (C=O) groups excluding carboxylic acids is 2. The fourth-order valence-electron chi connectivity index (χ4n) is 14.3. The second-order valence-corrected chi connectivity index (χ2v) is 25.3. The maximum absolute atomic E-state index is 16.3. The van der Waals surface area contributed by atoms with Gasteiger partial charge in [0.2, 0.25) is 11.8 Å². The fourth-order valence-corrected chi connectivity index (χ4v) is 14.3. The molecule has 1 aliphatic carbocycles. The third-order valence-electron chi connectivity index (χ3n) is 18.9. The van der Waals surface area contributed by atoms with Gasteiger partial charge in [0.05, 0.1) is 49.4 Å². The Morgan fingerprint density at radius 1 is 0.886 bits per heavy atom. The molecule has 21 nitrogen and oxygen atoms in total. The van der Waals surface area contributed by atoms with Crippen molar-refractivity contribution in [3.63, 3.8) is 0 Å². The molecule has 22 heteroatoms. The average molecular weight is 1200 g/mol. The van der Waals surface area contributed by atoms with Crippen LogP contribution in [0.15, 0.2) is 84.0 Å². The Kier molecular flexibility index (Phi) is 15.0. The van der Waals surface area contributed by atoms with Crippen molar-refractivity contribution in [3.05, 3.63) is 118 Å². The molecule has 88 heavy (non-hydrogen) atoms. The summed E-state index contributed by atoms with van der Waals surface area (Å²) in [6, 6.07) is 17.3. The van der Waals surface area contributed by atoms with Crippen molar-refractivity contribution in [2.24, 2.45) is 5.92 Å². The van der Waals surface area contributed by atoms with Crippen LogP contribution < -0.4 is 25.2 Å². The van der Waals surface area contributed by atoms with E-state index in [1.54, 1.807) is 25.5 Å². The second-order valence-electron chi connectivity index (χ2n) is 25.3. The topological polar surface area (TPSA) is 247 Å². The maximum Gasteiger partial charge on any atom is 0.319 e. The maximum atomic E-state index is 16.3. The predicted molar refractivity (Wildman–Crippen MR) is 331 cm³/mol. The number of halogens is 1. The predicted octanol–water partition coefficient (Wildman–Crippen LogP) is 8.39. The third-order valence-corrected chi connectivity index (χ3v) is 18.9. The summed E-state index contributed by atoms with van der Waals surface area (Å²) in [7, 11) is 0. The molecule has 9 heterocycles. The van der Waals surface area contributed by atoms with E-state index in [0.29, 0.717) is 94.4 Å². The molecule has 5 aromatic heterocycles. The summed E-state index contributed by atoms with van der Waals surface area (Å²) in [6.45, 7) is 15.2. The lowest BCUT2D eigenvalue weighted by Crippen LogP contribution is -2.50. The number of nitrogens with one attached hydrogen (secondary N) is 3. The molecule has 5 aliphatic rings. The van der Waals surface area contributed by atoms with Gasteiger partial charge in [-0.15, -0.1) is 0 Å². The summed E-state index contributed by atoms with van der Waals surface area (Å²) in [6.07, 6.45) is 8.37. The molecule has 4 saturated heterocycles. The highest BCUT2D eigenvalue weighted by atomic mass is 19.1. The number of piperazine rings is 1. The Balaban J connectivity index is 0.797. The van der Waals surface area contributed by atoms with Crippen molar-refractivity contribution in [1.29, 1.82) is 0 Å². The van der Waals surface area contributed by atoms with Crippen LogP contribution in [0.5, 0.6) is 11.8 Å². The first kappa shape index (κ1) is 57.4. The number of aliphatic hydroxyl groups excluding tert-OH is 2. The molecule has 9 aromatic rings. The highest BCUT2D eigenvalue weighted by molar-refractivity contribution is 6.07. The Hall–Kier alpha value is -8.31. The minimum atomic E-state index is -1.04. The molecule has 6 unspecified atom stereocenters. The lowest BCUT2D eigenvalue weighted by atomic mass is 9.88. The number of nitrogens with zero attached hydrogens (tertiary/aromatic N) is 10. The summed E-state index contributed by atoms with van der Waals surface area (Å²) in [5.74, 6) is -0.254. The number of hydrogen-bond donors (Lipinski definition) is 5.